The molecule has 1 aliphatic rings. The first-order chi connectivity index (χ1) is 8.29. The Morgan fingerprint density at radius 2 is 1.94 bits per heavy atom. The molecule has 1 N–H and O–H groups in total. The molecule has 0 spiro atoms. The maximum atomic E-state index is 9.05. The van der Waals surface area contributed by atoms with E-state index in [1.54, 1.807) is 0 Å². The van der Waals surface area contributed by atoms with Crippen molar-refractivity contribution < 1.29 is 5.11 Å². The molecule has 3 heteroatoms. The van der Waals surface area contributed by atoms with Gasteiger partial charge in [-0.05, 0) is 37.8 Å². The van der Waals surface area contributed by atoms with Gasteiger partial charge in [-0.25, -0.2) is 0 Å². The first kappa shape index (κ1) is 14.0. The third kappa shape index (κ3) is 4.00. The van der Waals surface area contributed by atoms with E-state index in [9.17, 15) is 0 Å². The summed E-state index contributed by atoms with van der Waals surface area (Å²) in [4.78, 5) is 6.65. The SMILES string of the molecule is CC.Cc1ccc(N2CCC(CO)CC2)cn1. The van der Waals surface area contributed by atoms with E-state index in [1.807, 2.05) is 33.0 Å². The van der Waals surface area contributed by atoms with Gasteiger partial charge in [-0.15, -0.1) is 0 Å². The zero-order valence-corrected chi connectivity index (χ0v) is 11.2. The van der Waals surface area contributed by atoms with Crippen molar-refractivity contribution in [2.45, 2.75) is 33.6 Å². The summed E-state index contributed by atoms with van der Waals surface area (Å²) in [5, 5.41) is 9.05. The highest BCUT2D eigenvalue weighted by molar-refractivity contribution is 5.44. The van der Waals surface area contributed by atoms with Gasteiger partial charge in [0.1, 0.15) is 0 Å². The van der Waals surface area contributed by atoms with Gasteiger partial charge in [0.25, 0.3) is 0 Å². The van der Waals surface area contributed by atoms with Crippen molar-refractivity contribution in [2.24, 2.45) is 5.92 Å². The topological polar surface area (TPSA) is 36.4 Å². The van der Waals surface area contributed by atoms with Gasteiger partial charge in [0.15, 0.2) is 0 Å². The smallest absolute Gasteiger partial charge is 0.0552 e. The molecule has 3 nitrogen and oxygen atoms in total. The third-order valence-corrected chi connectivity index (χ3v) is 3.13. The Kier molecular flexibility index (Phi) is 5.98. The summed E-state index contributed by atoms with van der Waals surface area (Å²) in [7, 11) is 0. The fraction of sp³-hybridized carbons (Fsp3) is 0.643. The van der Waals surface area contributed by atoms with Gasteiger partial charge in [-0.3, -0.25) is 4.98 Å². The van der Waals surface area contributed by atoms with Crippen LogP contribution in [0.3, 0.4) is 0 Å². The number of aliphatic hydroxyl groups excluding tert-OH is 1. The highest BCUT2D eigenvalue weighted by atomic mass is 16.3. The van der Waals surface area contributed by atoms with Crippen LogP contribution in [-0.2, 0) is 0 Å². The predicted molar refractivity (Wildman–Crippen MR) is 72.3 cm³/mol. The fourth-order valence-electron chi connectivity index (χ4n) is 2.02. The second kappa shape index (κ2) is 7.28. The first-order valence-electron chi connectivity index (χ1n) is 6.58. The number of piperidine rings is 1. The molecule has 0 aromatic carbocycles. The molecule has 2 rings (SSSR count). The molecule has 17 heavy (non-hydrogen) atoms. The number of anilines is 1. The summed E-state index contributed by atoms with van der Waals surface area (Å²) in [5.74, 6) is 0.500. The van der Waals surface area contributed by atoms with E-state index in [1.165, 1.54) is 5.69 Å². The van der Waals surface area contributed by atoms with Crippen molar-refractivity contribution in [3.05, 3.63) is 24.0 Å². The molecule has 1 fully saturated rings. The Balaban J connectivity index is 0.000000686. The summed E-state index contributed by atoms with van der Waals surface area (Å²) in [6.07, 6.45) is 4.11. The number of hydrogen-bond acceptors (Lipinski definition) is 3. The molecule has 1 saturated heterocycles. The van der Waals surface area contributed by atoms with Gasteiger partial charge in [0, 0.05) is 25.4 Å². The third-order valence-electron chi connectivity index (χ3n) is 3.13. The standard InChI is InChI=1S/C12H18N2O.C2H6/c1-10-2-3-12(8-13-10)14-6-4-11(9-15)5-7-14;1-2/h2-3,8,11,15H,4-7,9H2,1H3;1-2H3. The van der Waals surface area contributed by atoms with Gasteiger partial charge < -0.3 is 10.0 Å². The minimum Gasteiger partial charge on any atom is -0.396 e. The average molecular weight is 236 g/mol. The van der Waals surface area contributed by atoms with Gasteiger partial charge >= 0.3 is 0 Å². The number of pyridine rings is 1. The van der Waals surface area contributed by atoms with Crippen LogP contribution in [0.2, 0.25) is 0 Å². The fourth-order valence-corrected chi connectivity index (χ4v) is 2.02. The van der Waals surface area contributed by atoms with E-state index < -0.39 is 0 Å². The first-order valence-corrected chi connectivity index (χ1v) is 6.58. The van der Waals surface area contributed by atoms with Crippen molar-refractivity contribution in [3.63, 3.8) is 0 Å². The van der Waals surface area contributed by atoms with Crippen LogP contribution in [-0.4, -0.2) is 29.8 Å². The van der Waals surface area contributed by atoms with Crippen LogP contribution in [0.15, 0.2) is 18.3 Å². The molecule has 96 valence electrons. The molecule has 2 heterocycles. The number of rotatable bonds is 2. The van der Waals surface area contributed by atoms with Crippen molar-refractivity contribution in [2.75, 3.05) is 24.6 Å². The minimum atomic E-state index is 0.333. The van der Waals surface area contributed by atoms with Gasteiger partial charge in [0.2, 0.25) is 0 Å². The maximum Gasteiger partial charge on any atom is 0.0552 e. The molecule has 0 aliphatic carbocycles. The van der Waals surface area contributed by atoms with Gasteiger partial charge in [-0.1, -0.05) is 13.8 Å². The summed E-state index contributed by atoms with van der Waals surface area (Å²) < 4.78 is 0. The minimum absolute atomic E-state index is 0.333. The zero-order valence-electron chi connectivity index (χ0n) is 11.2. The lowest BCUT2D eigenvalue weighted by atomic mass is 9.98. The van der Waals surface area contributed by atoms with Crippen LogP contribution in [0.1, 0.15) is 32.4 Å². The number of nitrogens with zero attached hydrogens (tertiary/aromatic N) is 2. The lowest BCUT2D eigenvalue weighted by molar-refractivity contribution is 0.203. The molecule has 1 aliphatic heterocycles. The Morgan fingerprint density at radius 3 is 2.41 bits per heavy atom. The Bertz CT molecular complexity index is 303. The summed E-state index contributed by atoms with van der Waals surface area (Å²) in [5.41, 5.74) is 2.26. The number of aliphatic hydroxyl groups is 1. The van der Waals surface area contributed by atoms with Gasteiger partial charge in [0.05, 0.1) is 11.9 Å². The lowest BCUT2D eigenvalue weighted by Gasteiger charge is -2.32. The van der Waals surface area contributed by atoms with Crippen LogP contribution >= 0.6 is 0 Å². The molecule has 0 atom stereocenters. The van der Waals surface area contributed by atoms with E-state index >= 15 is 0 Å². The van der Waals surface area contributed by atoms with Crippen molar-refractivity contribution >= 4 is 5.69 Å². The Morgan fingerprint density at radius 1 is 1.29 bits per heavy atom. The Labute approximate surface area is 104 Å². The summed E-state index contributed by atoms with van der Waals surface area (Å²) in [6, 6.07) is 4.18. The average Bonchev–Trinajstić information content (AvgIpc) is 2.42. The number of aromatic nitrogens is 1. The molecular weight excluding hydrogens is 212 g/mol. The molecule has 0 bridgehead atoms. The van der Waals surface area contributed by atoms with Crippen molar-refractivity contribution in [1.29, 1.82) is 0 Å². The zero-order chi connectivity index (χ0) is 12.7. The maximum absolute atomic E-state index is 9.05. The molecular formula is C14H24N2O. The van der Waals surface area contributed by atoms with Crippen LogP contribution in [0.4, 0.5) is 5.69 Å². The van der Waals surface area contributed by atoms with E-state index in [0.29, 0.717) is 12.5 Å². The van der Waals surface area contributed by atoms with E-state index in [0.717, 1.165) is 31.6 Å². The lowest BCUT2D eigenvalue weighted by Crippen LogP contribution is -2.34. The molecule has 0 amide bonds. The predicted octanol–water partition coefficient (Wildman–Crippen LogP) is 2.62. The van der Waals surface area contributed by atoms with E-state index in [2.05, 4.69) is 16.0 Å². The van der Waals surface area contributed by atoms with E-state index in [4.69, 9.17) is 5.11 Å². The largest absolute Gasteiger partial charge is 0.396 e. The highest BCUT2D eigenvalue weighted by Crippen LogP contribution is 2.22. The van der Waals surface area contributed by atoms with Gasteiger partial charge in [-0.2, -0.15) is 0 Å². The van der Waals surface area contributed by atoms with Crippen LogP contribution < -0.4 is 4.90 Å². The quantitative estimate of drug-likeness (QED) is 0.857. The number of hydrogen-bond donors (Lipinski definition) is 1. The Hall–Kier alpha value is -1.09. The van der Waals surface area contributed by atoms with Crippen LogP contribution in [0, 0.1) is 12.8 Å². The van der Waals surface area contributed by atoms with Crippen molar-refractivity contribution in [3.8, 4) is 0 Å². The normalized spacial score (nSPS) is 16.4. The summed E-state index contributed by atoms with van der Waals surface area (Å²) >= 11 is 0. The molecule has 0 radical (unpaired) electrons. The summed E-state index contributed by atoms with van der Waals surface area (Å²) in [6.45, 7) is 8.41. The molecule has 1 aromatic heterocycles. The van der Waals surface area contributed by atoms with E-state index in [-0.39, 0.29) is 0 Å². The highest BCUT2D eigenvalue weighted by Gasteiger charge is 2.18. The van der Waals surface area contributed by atoms with Crippen LogP contribution in [0.25, 0.3) is 0 Å². The second-order valence-electron chi connectivity index (χ2n) is 4.27. The monoisotopic (exact) mass is 236 g/mol. The molecule has 0 saturated carbocycles. The molecule has 0 unspecified atom stereocenters. The number of aryl methyl sites for hydroxylation is 1. The van der Waals surface area contributed by atoms with Crippen molar-refractivity contribution in [1.82, 2.24) is 4.98 Å². The van der Waals surface area contributed by atoms with Crippen LogP contribution in [0.5, 0.6) is 0 Å². The second-order valence-corrected chi connectivity index (χ2v) is 4.27. The molecule has 1 aromatic rings.